The molecule has 1 heterocycles. The monoisotopic (exact) mass is 320 g/mol. The molecule has 2 N–H and O–H groups in total. The predicted molar refractivity (Wildman–Crippen MR) is 84.3 cm³/mol. The molecule has 0 unspecified atom stereocenters. The molecule has 1 aromatic heterocycles. The van der Waals surface area contributed by atoms with Crippen molar-refractivity contribution < 1.29 is 19.4 Å². The first-order chi connectivity index (χ1) is 10.5. The van der Waals surface area contributed by atoms with Gasteiger partial charge in [-0.3, -0.25) is 9.59 Å². The number of carboxylic acids is 1. The quantitative estimate of drug-likeness (QED) is 0.854. The Morgan fingerprint density at radius 1 is 1.36 bits per heavy atom. The number of aromatic nitrogens is 1. The highest BCUT2D eigenvalue weighted by molar-refractivity contribution is 7.14. The molecule has 0 bridgehead atoms. The van der Waals surface area contributed by atoms with Crippen molar-refractivity contribution in [3.8, 4) is 17.0 Å². The molecule has 2 rings (SSSR count). The van der Waals surface area contributed by atoms with E-state index in [4.69, 9.17) is 9.84 Å². The van der Waals surface area contributed by atoms with Crippen molar-refractivity contribution in [2.45, 2.75) is 19.8 Å². The van der Waals surface area contributed by atoms with Gasteiger partial charge in [-0.1, -0.05) is 11.6 Å². The number of methoxy groups -OCH3 is 1. The number of nitrogens with zero attached hydrogens (tertiary/aromatic N) is 1. The van der Waals surface area contributed by atoms with Crippen LogP contribution in [-0.4, -0.2) is 29.1 Å². The molecule has 116 valence electrons. The number of carboxylic acid groups (broad SMARTS) is 1. The summed E-state index contributed by atoms with van der Waals surface area (Å²) in [6.45, 7) is 1.98. The van der Waals surface area contributed by atoms with Crippen molar-refractivity contribution in [1.29, 1.82) is 0 Å². The fourth-order valence-electron chi connectivity index (χ4n) is 1.88. The number of anilines is 1. The first kappa shape index (κ1) is 16.0. The Hall–Kier alpha value is -2.41. The fraction of sp³-hybridized carbons (Fsp3) is 0.267. The molecule has 0 atom stereocenters. The minimum atomic E-state index is -1.00. The molecule has 6 nitrogen and oxygen atoms in total. The lowest BCUT2D eigenvalue weighted by molar-refractivity contribution is -0.138. The number of aliphatic carboxylic acids is 1. The lowest BCUT2D eigenvalue weighted by Crippen LogP contribution is -2.12. The molecule has 0 aliphatic rings. The standard InChI is InChI=1S/C15H16N2O4S/c1-9-3-4-12(21-2)10(7-9)11-8-22-15(16-11)17-13(18)5-6-14(19)20/h3-4,7-8H,5-6H2,1-2H3,(H,19,20)(H,16,17,18). The SMILES string of the molecule is COc1ccc(C)cc1-c1csc(NC(=O)CCC(=O)O)n1. The molecule has 0 saturated heterocycles. The zero-order valence-electron chi connectivity index (χ0n) is 12.3. The van der Waals surface area contributed by atoms with Crippen LogP contribution in [0.25, 0.3) is 11.3 Å². The topological polar surface area (TPSA) is 88.5 Å². The summed E-state index contributed by atoms with van der Waals surface area (Å²) in [5.41, 5.74) is 2.64. The molecule has 1 amide bonds. The Kier molecular flexibility index (Phi) is 5.11. The highest BCUT2D eigenvalue weighted by atomic mass is 32.1. The van der Waals surface area contributed by atoms with Gasteiger partial charge in [0.2, 0.25) is 5.91 Å². The Bertz CT molecular complexity index is 697. The van der Waals surface area contributed by atoms with E-state index in [1.54, 1.807) is 7.11 Å². The van der Waals surface area contributed by atoms with Gasteiger partial charge < -0.3 is 15.2 Å². The Morgan fingerprint density at radius 3 is 2.82 bits per heavy atom. The number of thiazole rings is 1. The smallest absolute Gasteiger partial charge is 0.303 e. The van der Waals surface area contributed by atoms with Crippen LogP contribution in [0, 0.1) is 6.92 Å². The highest BCUT2D eigenvalue weighted by Gasteiger charge is 2.12. The number of hydrogen-bond acceptors (Lipinski definition) is 5. The highest BCUT2D eigenvalue weighted by Crippen LogP contribution is 2.32. The maximum absolute atomic E-state index is 11.6. The lowest BCUT2D eigenvalue weighted by atomic mass is 10.1. The number of ether oxygens (including phenoxy) is 1. The van der Waals surface area contributed by atoms with Crippen molar-refractivity contribution in [2.24, 2.45) is 0 Å². The third-order valence-electron chi connectivity index (χ3n) is 2.95. The van der Waals surface area contributed by atoms with Gasteiger partial charge in [0.05, 0.1) is 19.2 Å². The maximum Gasteiger partial charge on any atom is 0.303 e. The fourth-order valence-corrected chi connectivity index (χ4v) is 2.61. The zero-order chi connectivity index (χ0) is 16.1. The molecule has 0 aliphatic heterocycles. The minimum absolute atomic E-state index is 0.0714. The van der Waals surface area contributed by atoms with Crippen molar-refractivity contribution in [2.75, 3.05) is 12.4 Å². The van der Waals surface area contributed by atoms with Crippen LogP contribution in [0.5, 0.6) is 5.75 Å². The third kappa shape index (κ3) is 4.05. The Balaban J connectivity index is 2.13. The number of hydrogen-bond donors (Lipinski definition) is 2. The van der Waals surface area contributed by atoms with E-state index in [0.717, 1.165) is 11.1 Å². The number of nitrogens with one attached hydrogen (secondary N) is 1. The first-order valence-corrected chi connectivity index (χ1v) is 7.49. The van der Waals surface area contributed by atoms with Gasteiger partial charge in [0.15, 0.2) is 5.13 Å². The van der Waals surface area contributed by atoms with Crippen LogP contribution in [0.3, 0.4) is 0 Å². The van der Waals surface area contributed by atoms with Crippen molar-refractivity contribution in [1.82, 2.24) is 4.98 Å². The summed E-state index contributed by atoms with van der Waals surface area (Å²) in [6, 6.07) is 5.78. The molecular weight excluding hydrogens is 304 g/mol. The second-order valence-corrected chi connectivity index (χ2v) is 5.54. The van der Waals surface area contributed by atoms with Crippen LogP contribution in [0.4, 0.5) is 5.13 Å². The first-order valence-electron chi connectivity index (χ1n) is 6.62. The summed E-state index contributed by atoms with van der Waals surface area (Å²) in [6.07, 6.45) is -0.270. The van der Waals surface area contributed by atoms with E-state index in [-0.39, 0.29) is 18.7 Å². The van der Waals surface area contributed by atoms with Crippen LogP contribution in [0.2, 0.25) is 0 Å². The van der Waals surface area contributed by atoms with Crippen LogP contribution in [-0.2, 0) is 9.59 Å². The summed E-state index contributed by atoms with van der Waals surface area (Å²) < 4.78 is 5.32. The van der Waals surface area contributed by atoms with E-state index in [2.05, 4.69) is 10.3 Å². The van der Waals surface area contributed by atoms with Crippen molar-refractivity contribution in [3.05, 3.63) is 29.1 Å². The average molecular weight is 320 g/mol. The van der Waals surface area contributed by atoms with E-state index >= 15 is 0 Å². The Labute approximate surface area is 131 Å². The number of amides is 1. The van der Waals surface area contributed by atoms with E-state index in [1.165, 1.54) is 11.3 Å². The van der Waals surface area contributed by atoms with E-state index in [1.807, 2.05) is 30.5 Å². The molecule has 1 aromatic carbocycles. The number of rotatable bonds is 6. The molecule has 0 radical (unpaired) electrons. The second-order valence-electron chi connectivity index (χ2n) is 4.68. The molecule has 7 heteroatoms. The molecule has 22 heavy (non-hydrogen) atoms. The van der Waals surface area contributed by atoms with Crippen LogP contribution in [0.1, 0.15) is 18.4 Å². The van der Waals surface area contributed by atoms with Gasteiger partial charge in [-0.25, -0.2) is 4.98 Å². The van der Waals surface area contributed by atoms with Gasteiger partial charge in [0, 0.05) is 17.4 Å². The zero-order valence-corrected chi connectivity index (χ0v) is 13.1. The van der Waals surface area contributed by atoms with E-state index < -0.39 is 5.97 Å². The summed E-state index contributed by atoms with van der Waals surface area (Å²) >= 11 is 1.29. The molecule has 0 spiro atoms. The van der Waals surface area contributed by atoms with E-state index in [0.29, 0.717) is 16.6 Å². The minimum Gasteiger partial charge on any atom is -0.496 e. The lowest BCUT2D eigenvalue weighted by Gasteiger charge is -2.07. The molecule has 0 fully saturated rings. The molecule has 2 aromatic rings. The van der Waals surface area contributed by atoms with Crippen molar-refractivity contribution in [3.63, 3.8) is 0 Å². The molecule has 0 saturated carbocycles. The van der Waals surface area contributed by atoms with Crippen molar-refractivity contribution >= 4 is 28.3 Å². The normalized spacial score (nSPS) is 10.3. The van der Waals surface area contributed by atoms with Crippen LogP contribution in [0.15, 0.2) is 23.6 Å². The third-order valence-corrected chi connectivity index (χ3v) is 3.71. The van der Waals surface area contributed by atoms with Crippen LogP contribution >= 0.6 is 11.3 Å². The van der Waals surface area contributed by atoms with Gasteiger partial charge in [0.1, 0.15) is 5.75 Å². The summed E-state index contributed by atoms with van der Waals surface area (Å²) in [5.74, 6) is -0.654. The second kappa shape index (κ2) is 7.04. The largest absolute Gasteiger partial charge is 0.496 e. The molecule has 0 aliphatic carbocycles. The summed E-state index contributed by atoms with van der Waals surface area (Å²) in [4.78, 5) is 26.4. The van der Waals surface area contributed by atoms with Gasteiger partial charge >= 0.3 is 5.97 Å². The molecular formula is C15H16N2O4S. The number of carbonyl (C=O) groups excluding carboxylic acids is 1. The van der Waals surface area contributed by atoms with Gasteiger partial charge in [-0.2, -0.15) is 0 Å². The van der Waals surface area contributed by atoms with Crippen LogP contribution < -0.4 is 10.1 Å². The maximum atomic E-state index is 11.6. The van der Waals surface area contributed by atoms with E-state index in [9.17, 15) is 9.59 Å². The average Bonchev–Trinajstić information content (AvgIpc) is 2.93. The predicted octanol–water partition coefficient (Wildman–Crippen LogP) is 2.93. The van der Waals surface area contributed by atoms with Gasteiger partial charge in [0.25, 0.3) is 0 Å². The number of benzene rings is 1. The summed E-state index contributed by atoms with van der Waals surface area (Å²) in [5, 5.41) is 13.4. The number of carbonyl (C=O) groups is 2. The Morgan fingerprint density at radius 2 is 2.14 bits per heavy atom. The van der Waals surface area contributed by atoms with Gasteiger partial charge in [-0.05, 0) is 19.1 Å². The van der Waals surface area contributed by atoms with Gasteiger partial charge in [-0.15, -0.1) is 11.3 Å². The summed E-state index contributed by atoms with van der Waals surface area (Å²) in [7, 11) is 1.59. The number of aryl methyl sites for hydroxylation is 1.